The molecule has 2 rings (SSSR count). The molecule has 0 atom stereocenters. The van der Waals surface area contributed by atoms with E-state index in [1.54, 1.807) is 18.1 Å². The maximum absolute atomic E-state index is 12.5. The average Bonchev–Trinajstić information content (AvgIpc) is 2.78. The fourth-order valence-electron chi connectivity index (χ4n) is 2.04. The Morgan fingerprint density at radius 1 is 1.50 bits per heavy atom. The highest BCUT2D eigenvalue weighted by Crippen LogP contribution is 2.38. The third kappa shape index (κ3) is 2.75. The second kappa shape index (κ2) is 6.43. The van der Waals surface area contributed by atoms with E-state index >= 15 is 0 Å². The van der Waals surface area contributed by atoms with Crippen LogP contribution in [0.25, 0.3) is 10.1 Å². The lowest BCUT2D eigenvalue weighted by Gasteiger charge is -2.19. The van der Waals surface area contributed by atoms with Crippen molar-refractivity contribution in [2.45, 2.75) is 6.92 Å². The zero-order valence-electron chi connectivity index (χ0n) is 11.5. The van der Waals surface area contributed by atoms with E-state index in [1.165, 1.54) is 11.3 Å². The third-order valence-corrected chi connectivity index (χ3v) is 4.60. The predicted octanol–water partition coefficient (Wildman–Crippen LogP) is 3.25. The van der Waals surface area contributed by atoms with Crippen LogP contribution in [0.15, 0.2) is 18.2 Å². The van der Waals surface area contributed by atoms with Crippen LogP contribution in [0, 0.1) is 0 Å². The van der Waals surface area contributed by atoms with Gasteiger partial charge >= 0.3 is 0 Å². The first-order chi connectivity index (χ1) is 9.60. The molecule has 2 aromatic rings. The Labute approximate surface area is 127 Å². The Bertz CT molecular complexity index is 627. The van der Waals surface area contributed by atoms with E-state index in [1.807, 2.05) is 19.1 Å². The lowest BCUT2D eigenvalue weighted by molar-refractivity contribution is 0.0712. The SMILES string of the molecule is CCN(CCOC)C(=O)c1sc2cccc(Cl)c2c1N. The molecule has 0 aliphatic carbocycles. The molecule has 20 heavy (non-hydrogen) atoms. The number of carbonyl (C=O) groups is 1. The molecule has 1 aromatic carbocycles. The summed E-state index contributed by atoms with van der Waals surface area (Å²) >= 11 is 7.54. The fourth-order valence-corrected chi connectivity index (χ4v) is 3.49. The maximum Gasteiger partial charge on any atom is 0.266 e. The Hall–Kier alpha value is -1.30. The van der Waals surface area contributed by atoms with Gasteiger partial charge in [0.25, 0.3) is 5.91 Å². The number of nitrogen functional groups attached to an aromatic ring is 1. The van der Waals surface area contributed by atoms with Gasteiger partial charge < -0.3 is 15.4 Å². The number of benzene rings is 1. The van der Waals surface area contributed by atoms with Crippen molar-refractivity contribution in [1.82, 2.24) is 4.90 Å². The van der Waals surface area contributed by atoms with Crippen molar-refractivity contribution in [3.05, 3.63) is 28.1 Å². The summed E-state index contributed by atoms with van der Waals surface area (Å²) in [5.41, 5.74) is 6.58. The molecule has 0 bridgehead atoms. The quantitative estimate of drug-likeness (QED) is 0.922. The number of likely N-dealkylation sites (N-methyl/N-ethyl adjacent to an activating group) is 1. The number of thiophene rings is 1. The molecule has 0 radical (unpaired) electrons. The van der Waals surface area contributed by atoms with Crippen molar-refractivity contribution < 1.29 is 9.53 Å². The van der Waals surface area contributed by atoms with Gasteiger partial charge in [-0.25, -0.2) is 0 Å². The first kappa shape index (κ1) is 15.1. The van der Waals surface area contributed by atoms with Gasteiger partial charge in [0.2, 0.25) is 0 Å². The summed E-state index contributed by atoms with van der Waals surface area (Å²) in [4.78, 5) is 14.8. The lowest BCUT2D eigenvalue weighted by atomic mass is 10.2. The second-order valence-corrected chi connectivity index (χ2v) is 5.79. The number of hydrogen-bond donors (Lipinski definition) is 1. The van der Waals surface area contributed by atoms with Crippen LogP contribution in [-0.2, 0) is 4.74 Å². The monoisotopic (exact) mass is 312 g/mol. The van der Waals surface area contributed by atoms with Gasteiger partial charge in [-0.05, 0) is 19.1 Å². The van der Waals surface area contributed by atoms with Gasteiger partial charge in [-0.1, -0.05) is 17.7 Å². The largest absolute Gasteiger partial charge is 0.397 e. The van der Waals surface area contributed by atoms with Crippen molar-refractivity contribution in [2.24, 2.45) is 0 Å². The van der Waals surface area contributed by atoms with Crippen LogP contribution in [0.4, 0.5) is 5.69 Å². The minimum atomic E-state index is -0.0701. The molecule has 0 saturated carbocycles. The highest BCUT2D eigenvalue weighted by atomic mass is 35.5. The zero-order valence-corrected chi connectivity index (χ0v) is 13.1. The van der Waals surface area contributed by atoms with Crippen molar-refractivity contribution >= 4 is 44.6 Å². The predicted molar refractivity (Wildman–Crippen MR) is 84.7 cm³/mol. The summed E-state index contributed by atoms with van der Waals surface area (Å²) in [6.45, 7) is 3.60. The van der Waals surface area contributed by atoms with Crippen molar-refractivity contribution in [2.75, 3.05) is 32.5 Å². The number of anilines is 1. The normalized spacial score (nSPS) is 10.9. The smallest absolute Gasteiger partial charge is 0.266 e. The summed E-state index contributed by atoms with van der Waals surface area (Å²) in [7, 11) is 1.62. The number of nitrogens with two attached hydrogens (primary N) is 1. The Morgan fingerprint density at radius 3 is 2.85 bits per heavy atom. The van der Waals surface area contributed by atoms with Crippen molar-refractivity contribution in [3.8, 4) is 0 Å². The number of nitrogens with zero attached hydrogens (tertiary/aromatic N) is 1. The van der Waals surface area contributed by atoms with Gasteiger partial charge in [-0.2, -0.15) is 0 Å². The first-order valence-electron chi connectivity index (χ1n) is 6.34. The summed E-state index contributed by atoms with van der Waals surface area (Å²) < 4.78 is 5.96. The average molecular weight is 313 g/mol. The topological polar surface area (TPSA) is 55.6 Å². The minimum Gasteiger partial charge on any atom is -0.397 e. The first-order valence-corrected chi connectivity index (χ1v) is 7.54. The van der Waals surface area contributed by atoms with Crippen LogP contribution < -0.4 is 5.73 Å². The molecule has 0 saturated heterocycles. The van der Waals surface area contributed by atoms with E-state index in [0.29, 0.717) is 35.3 Å². The molecule has 0 aliphatic heterocycles. The standard InChI is InChI=1S/C14H17ClN2O2S/c1-3-17(7-8-19-2)14(18)13-12(16)11-9(15)5-4-6-10(11)20-13/h4-6H,3,7-8,16H2,1-2H3. The van der Waals surface area contributed by atoms with Crippen LogP contribution in [0.3, 0.4) is 0 Å². The van der Waals surface area contributed by atoms with Crippen molar-refractivity contribution in [3.63, 3.8) is 0 Å². The molecular formula is C14H17ClN2O2S. The molecule has 0 aliphatic rings. The number of hydrogen-bond acceptors (Lipinski definition) is 4. The molecule has 6 heteroatoms. The number of halogens is 1. The number of fused-ring (bicyclic) bond motifs is 1. The second-order valence-electron chi connectivity index (χ2n) is 4.34. The van der Waals surface area contributed by atoms with E-state index < -0.39 is 0 Å². The molecule has 4 nitrogen and oxygen atoms in total. The van der Waals surface area contributed by atoms with Gasteiger partial charge in [-0.3, -0.25) is 4.79 Å². The summed E-state index contributed by atoms with van der Waals surface area (Å²) in [5, 5.41) is 1.35. The van der Waals surface area contributed by atoms with Crippen LogP contribution in [0.2, 0.25) is 5.02 Å². The van der Waals surface area contributed by atoms with Crippen LogP contribution in [0.5, 0.6) is 0 Å². The van der Waals surface area contributed by atoms with E-state index in [2.05, 4.69) is 0 Å². The van der Waals surface area contributed by atoms with E-state index in [-0.39, 0.29) is 5.91 Å². The zero-order chi connectivity index (χ0) is 14.7. The lowest BCUT2D eigenvalue weighted by Crippen LogP contribution is -2.33. The van der Waals surface area contributed by atoms with Gasteiger partial charge in [0.1, 0.15) is 4.88 Å². The van der Waals surface area contributed by atoms with Crippen molar-refractivity contribution in [1.29, 1.82) is 0 Å². The Kier molecular flexibility index (Phi) is 4.86. The highest BCUT2D eigenvalue weighted by Gasteiger charge is 2.21. The maximum atomic E-state index is 12.5. The molecule has 2 N–H and O–H groups in total. The number of carbonyl (C=O) groups excluding carboxylic acids is 1. The van der Waals surface area contributed by atoms with Crippen LogP contribution >= 0.6 is 22.9 Å². The third-order valence-electron chi connectivity index (χ3n) is 3.13. The Balaban J connectivity index is 2.39. The molecule has 1 heterocycles. The minimum absolute atomic E-state index is 0.0701. The molecular weight excluding hydrogens is 296 g/mol. The van der Waals surface area contributed by atoms with Gasteiger partial charge in [-0.15, -0.1) is 11.3 Å². The summed E-state index contributed by atoms with van der Waals surface area (Å²) in [6.07, 6.45) is 0. The molecule has 0 fully saturated rings. The molecule has 108 valence electrons. The highest BCUT2D eigenvalue weighted by molar-refractivity contribution is 7.21. The number of ether oxygens (including phenoxy) is 1. The number of methoxy groups -OCH3 is 1. The molecule has 0 unspecified atom stereocenters. The fraction of sp³-hybridized carbons (Fsp3) is 0.357. The number of rotatable bonds is 5. The van der Waals surface area contributed by atoms with E-state index in [4.69, 9.17) is 22.1 Å². The van der Waals surface area contributed by atoms with Crippen LogP contribution in [-0.4, -0.2) is 37.6 Å². The summed E-state index contributed by atoms with van der Waals surface area (Å²) in [5.74, 6) is -0.0701. The number of amides is 1. The molecule has 1 amide bonds. The van der Waals surface area contributed by atoms with E-state index in [9.17, 15) is 4.79 Å². The van der Waals surface area contributed by atoms with Gasteiger partial charge in [0.15, 0.2) is 0 Å². The summed E-state index contributed by atoms with van der Waals surface area (Å²) in [6, 6.07) is 5.56. The van der Waals surface area contributed by atoms with E-state index in [0.717, 1.165) is 10.1 Å². The van der Waals surface area contributed by atoms with Crippen LogP contribution in [0.1, 0.15) is 16.6 Å². The molecule has 1 aromatic heterocycles. The van der Waals surface area contributed by atoms with Gasteiger partial charge in [0.05, 0.1) is 17.3 Å². The Morgan fingerprint density at radius 2 is 2.25 bits per heavy atom. The molecule has 0 spiro atoms. The van der Waals surface area contributed by atoms with Gasteiger partial charge in [0, 0.05) is 30.3 Å².